The third kappa shape index (κ3) is 4.11. The number of hydrogen-bond acceptors (Lipinski definition) is 3. The van der Waals surface area contributed by atoms with Crippen molar-refractivity contribution in [3.8, 4) is 0 Å². The van der Waals surface area contributed by atoms with Gasteiger partial charge in [0.05, 0.1) is 5.92 Å². The topological polar surface area (TPSA) is 49.9 Å². The summed E-state index contributed by atoms with van der Waals surface area (Å²) in [5.41, 5.74) is 1.98. The van der Waals surface area contributed by atoms with Gasteiger partial charge in [0.1, 0.15) is 6.61 Å². The van der Waals surface area contributed by atoms with Gasteiger partial charge in [0.2, 0.25) is 11.8 Å². The predicted molar refractivity (Wildman–Crippen MR) is 99.8 cm³/mol. The molecule has 0 atom stereocenters. The number of hydrogen-bond donors (Lipinski definition) is 0. The van der Waals surface area contributed by atoms with Gasteiger partial charge in [-0.05, 0) is 11.1 Å². The first-order valence-electron chi connectivity index (χ1n) is 8.86. The second kappa shape index (κ2) is 8.63. The van der Waals surface area contributed by atoms with Crippen LogP contribution in [0.1, 0.15) is 17.0 Å². The molecule has 0 aliphatic carbocycles. The van der Waals surface area contributed by atoms with Crippen LogP contribution in [0.15, 0.2) is 60.7 Å². The molecule has 0 bridgehead atoms. The van der Waals surface area contributed by atoms with Gasteiger partial charge in [-0.3, -0.25) is 9.59 Å². The van der Waals surface area contributed by atoms with Crippen molar-refractivity contribution in [1.82, 2.24) is 9.80 Å². The Morgan fingerprint density at radius 2 is 1.31 bits per heavy atom. The molecule has 2 aromatic rings. The Hall–Kier alpha value is -2.66. The smallest absolute Gasteiger partial charge is 0.248 e. The molecule has 5 heteroatoms. The van der Waals surface area contributed by atoms with E-state index in [4.69, 9.17) is 4.74 Å². The Morgan fingerprint density at radius 3 is 1.77 bits per heavy atom. The summed E-state index contributed by atoms with van der Waals surface area (Å²) in [6, 6.07) is 19.7. The molecular weight excluding hydrogens is 328 g/mol. The maximum Gasteiger partial charge on any atom is 0.248 e. The Morgan fingerprint density at radius 1 is 0.846 bits per heavy atom. The summed E-state index contributed by atoms with van der Waals surface area (Å²) in [5.74, 6) is -0.262. The number of benzene rings is 2. The van der Waals surface area contributed by atoms with Crippen LogP contribution in [0.25, 0.3) is 0 Å². The van der Waals surface area contributed by atoms with Crippen molar-refractivity contribution in [2.24, 2.45) is 0 Å². The molecule has 0 unspecified atom stereocenters. The molecule has 0 N–H and O–H groups in total. The van der Waals surface area contributed by atoms with Crippen molar-refractivity contribution in [1.29, 1.82) is 0 Å². The third-order valence-corrected chi connectivity index (χ3v) is 4.72. The number of nitrogens with zero attached hydrogens (tertiary/aromatic N) is 2. The number of carbonyl (C=O) groups excluding carboxylic acids is 2. The first-order valence-corrected chi connectivity index (χ1v) is 8.86. The number of ether oxygens (including phenoxy) is 1. The van der Waals surface area contributed by atoms with Crippen LogP contribution in [0, 0.1) is 0 Å². The van der Waals surface area contributed by atoms with E-state index < -0.39 is 0 Å². The lowest BCUT2D eigenvalue weighted by atomic mass is 9.90. The Balaban J connectivity index is 1.76. The highest BCUT2D eigenvalue weighted by molar-refractivity contribution is 5.87. The molecule has 1 aliphatic rings. The lowest BCUT2D eigenvalue weighted by Crippen LogP contribution is -2.52. The molecule has 1 saturated heterocycles. The van der Waals surface area contributed by atoms with Crippen LogP contribution < -0.4 is 0 Å². The number of methoxy groups -OCH3 is 1. The molecule has 0 radical (unpaired) electrons. The van der Waals surface area contributed by atoms with Crippen molar-refractivity contribution in [2.75, 3.05) is 39.9 Å². The minimum atomic E-state index is -0.321. The minimum Gasteiger partial charge on any atom is -0.375 e. The van der Waals surface area contributed by atoms with E-state index in [0.29, 0.717) is 26.2 Å². The normalized spacial score (nSPS) is 14.5. The van der Waals surface area contributed by atoms with E-state index in [1.807, 2.05) is 65.6 Å². The van der Waals surface area contributed by atoms with Gasteiger partial charge in [0.15, 0.2) is 0 Å². The third-order valence-electron chi connectivity index (χ3n) is 4.72. The molecule has 1 fully saturated rings. The summed E-state index contributed by atoms with van der Waals surface area (Å²) >= 11 is 0. The maximum absolute atomic E-state index is 13.3. The first kappa shape index (κ1) is 18.1. The van der Waals surface area contributed by atoms with Crippen LogP contribution in [0.5, 0.6) is 0 Å². The molecule has 1 aliphatic heterocycles. The SMILES string of the molecule is COCC(=O)N1CCN(C(=O)C(c2ccccc2)c2ccccc2)CC1. The molecule has 0 saturated carbocycles. The molecule has 136 valence electrons. The second-order valence-electron chi connectivity index (χ2n) is 6.39. The van der Waals surface area contributed by atoms with Gasteiger partial charge in [-0.25, -0.2) is 0 Å². The van der Waals surface area contributed by atoms with Gasteiger partial charge in [0.25, 0.3) is 0 Å². The van der Waals surface area contributed by atoms with Gasteiger partial charge in [-0.2, -0.15) is 0 Å². The van der Waals surface area contributed by atoms with E-state index in [2.05, 4.69) is 0 Å². The van der Waals surface area contributed by atoms with Gasteiger partial charge in [0, 0.05) is 33.3 Å². The highest BCUT2D eigenvalue weighted by Crippen LogP contribution is 2.27. The molecule has 0 spiro atoms. The van der Waals surface area contributed by atoms with Crippen LogP contribution in [0.2, 0.25) is 0 Å². The summed E-state index contributed by atoms with van der Waals surface area (Å²) in [4.78, 5) is 28.9. The van der Waals surface area contributed by atoms with Crippen LogP contribution in [0.4, 0.5) is 0 Å². The quantitative estimate of drug-likeness (QED) is 0.828. The van der Waals surface area contributed by atoms with E-state index in [9.17, 15) is 9.59 Å². The average Bonchev–Trinajstić information content (AvgIpc) is 2.70. The fourth-order valence-corrected chi connectivity index (χ4v) is 3.34. The Labute approximate surface area is 154 Å². The maximum atomic E-state index is 13.3. The zero-order valence-corrected chi connectivity index (χ0v) is 15.0. The van der Waals surface area contributed by atoms with E-state index in [1.165, 1.54) is 7.11 Å². The number of piperazine rings is 1. The van der Waals surface area contributed by atoms with Crippen molar-refractivity contribution >= 4 is 11.8 Å². The molecular formula is C21H24N2O3. The second-order valence-corrected chi connectivity index (χ2v) is 6.39. The number of amides is 2. The summed E-state index contributed by atoms with van der Waals surface area (Å²) < 4.78 is 4.91. The summed E-state index contributed by atoms with van der Waals surface area (Å²) in [5, 5.41) is 0. The standard InChI is InChI=1S/C21H24N2O3/c1-26-16-19(24)22-12-14-23(15-13-22)21(25)20(17-8-4-2-5-9-17)18-10-6-3-7-11-18/h2-11,20H,12-16H2,1H3. The van der Waals surface area contributed by atoms with Gasteiger partial charge < -0.3 is 14.5 Å². The molecule has 3 rings (SSSR count). The van der Waals surface area contributed by atoms with Crippen molar-refractivity contribution in [3.05, 3.63) is 71.8 Å². The van der Waals surface area contributed by atoms with E-state index in [1.54, 1.807) is 4.90 Å². The van der Waals surface area contributed by atoms with Crippen LogP contribution in [-0.2, 0) is 14.3 Å². The molecule has 5 nitrogen and oxygen atoms in total. The fraction of sp³-hybridized carbons (Fsp3) is 0.333. The molecule has 0 aromatic heterocycles. The van der Waals surface area contributed by atoms with Crippen molar-refractivity contribution in [3.63, 3.8) is 0 Å². The lowest BCUT2D eigenvalue weighted by Gasteiger charge is -2.36. The number of rotatable bonds is 5. The van der Waals surface area contributed by atoms with E-state index in [0.717, 1.165) is 11.1 Å². The van der Waals surface area contributed by atoms with Crippen molar-refractivity contribution < 1.29 is 14.3 Å². The van der Waals surface area contributed by atoms with E-state index in [-0.39, 0.29) is 24.3 Å². The summed E-state index contributed by atoms with van der Waals surface area (Å²) in [7, 11) is 1.52. The summed E-state index contributed by atoms with van der Waals surface area (Å²) in [6.45, 7) is 2.27. The molecule has 2 amide bonds. The van der Waals surface area contributed by atoms with Crippen LogP contribution in [-0.4, -0.2) is 61.5 Å². The average molecular weight is 352 g/mol. The van der Waals surface area contributed by atoms with Gasteiger partial charge >= 0.3 is 0 Å². The monoisotopic (exact) mass is 352 g/mol. The Bertz CT molecular complexity index is 686. The van der Waals surface area contributed by atoms with Crippen LogP contribution in [0.3, 0.4) is 0 Å². The van der Waals surface area contributed by atoms with E-state index >= 15 is 0 Å². The zero-order chi connectivity index (χ0) is 18.4. The van der Waals surface area contributed by atoms with Crippen LogP contribution >= 0.6 is 0 Å². The van der Waals surface area contributed by atoms with Crippen molar-refractivity contribution in [2.45, 2.75) is 5.92 Å². The Kier molecular flexibility index (Phi) is 6.02. The number of carbonyl (C=O) groups is 2. The van der Waals surface area contributed by atoms with Gasteiger partial charge in [-0.15, -0.1) is 0 Å². The fourth-order valence-electron chi connectivity index (χ4n) is 3.34. The highest BCUT2D eigenvalue weighted by Gasteiger charge is 2.30. The lowest BCUT2D eigenvalue weighted by molar-refractivity contribution is -0.142. The van der Waals surface area contributed by atoms with Gasteiger partial charge in [-0.1, -0.05) is 60.7 Å². The zero-order valence-electron chi connectivity index (χ0n) is 15.0. The molecule has 1 heterocycles. The molecule has 2 aromatic carbocycles. The largest absolute Gasteiger partial charge is 0.375 e. The minimum absolute atomic E-state index is 0.0257. The molecule has 26 heavy (non-hydrogen) atoms. The highest BCUT2D eigenvalue weighted by atomic mass is 16.5. The summed E-state index contributed by atoms with van der Waals surface area (Å²) in [6.07, 6.45) is 0. The first-order chi connectivity index (χ1) is 12.7. The predicted octanol–water partition coefficient (Wildman–Crippen LogP) is 2.14.